The minimum absolute atomic E-state index is 0. The Morgan fingerprint density at radius 3 is 2.68 bits per heavy atom. The first-order valence-electron chi connectivity index (χ1n) is 8.00. The average molecular weight is 456 g/mol. The first-order chi connectivity index (χ1) is 11.8. The van der Waals surface area contributed by atoms with Gasteiger partial charge in [-0.1, -0.05) is 12.1 Å². The summed E-state index contributed by atoms with van der Waals surface area (Å²) < 4.78 is 10.9. The van der Waals surface area contributed by atoms with Crippen LogP contribution in [0.25, 0.3) is 0 Å². The van der Waals surface area contributed by atoms with Crippen LogP contribution in [0, 0.1) is 0 Å². The summed E-state index contributed by atoms with van der Waals surface area (Å²) in [5.74, 6) is 2.31. The van der Waals surface area contributed by atoms with Gasteiger partial charge in [-0.2, -0.15) is 0 Å². The van der Waals surface area contributed by atoms with Crippen molar-refractivity contribution in [3.63, 3.8) is 0 Å². The highest BCUT2D eigenvalue weighted by molar-refractivity contribution is 14.0. The van der Waals surface area contributed by atoms with Crippen LogP contribution in [0.2, 0.25) is 0 Å². The van der Waals surface area contributed by atoms with Crippen molar-refractivity contribution in [1.82, 2.24) is 15.6 Å². The van der Waals surface area contributed by atoms with E-state index >= 15 is 0 Å². The third-order valence-corrected chi connectivity index (χ3v) is 3.17. The van der Waals surface area contributed by atoms with E-state index in [1.54, 1.807) is 13.3 Å². The lowest BCUT2D eigenvalue weighted by molar-refractivity contribution is 0.319. The van der Waals surface area contributed by atoms with E-state index in [9.17, 15) is 0 Å². The van der Waals surface area contributed by atoms with Crippen molar-refractivity contribution in [3.05, 3.63) is 54.4 Å². The van der Waals surface area contributed by atoms with E-state index in [0.29, 0.717) is 19.7 Å². The molecule has 0 aliphatic carbocycles. The number of aromatic nitrogens is 1. The normalized spacial score (nSPS) is 10.6. The number of halogens is 1. The van der Waals surface area contributed by atoms with E-state index < -0.39 is 0 Å². The van der Waals surface area contributed by atoms with Gasteiger partial charge in [0.15, 0.2) is 5.96 Å². The van der Waals surface area contributed by atoms with Crippen LogP contribution in [0.4, 0.5) is 0 Å². The van der Waals surface area contributed by atoms with Crippen molar-refractivity contribution in [2.45, 2.75) is 13.5 Å². The number of hydrogen-bond donors (Lipinski definition) is 2. The number of methoxy groups -OCH3 is 1. The van der Waals surface area contributed by atoms with E-state index in [1.165, 1.54) is 0 Å². The number of benzene rings is 1. The molecule has 25 heavy (non-hydrogen) atoms. The predicted octanol–water partition coefficient (Wildman–Crippen LogP) is 2.84. The van der Waals surface area contributed by atoms with Gasteiger partial charge in [0, 0.05) is 18.8 Å². The van der Waals surface area contributed by atoms with Crippen LogP contribution in [-0.2, 0) is 6.54 Å². The molecule has 1 heterocycles. The molecule has 0 saturated heterocycles. The summed E-state index contributed by atoms with van der Waals surface area (Å²) in [6.45, 7) is 4.54. The summed E-state index contributed by atoms with van der Waals surface area (Å²) in [6, 6.07) is 13.4. The Kier molecular flexibility index (Phi) is 10.4. The quantitative estimate of drug-likeness (QED) is 0.277. The van der Waals surface area contributed by atoms with Crippen LogP contribution in [0.1, 0.15) is 12.6 Å². The Labute approximate surface area is 166 Å². The molecule has 1 aromatic heterocycles. The number of guanidine groups is 1. The smallest absolute Gasteiger partial charge is 0.191 e. The van der Waals surface area contributed by atoms with Gasteiger partial charge in [0.25, 0.3) is 0 Å². The second-order valence-electron chi connectivity index (χ2n) is 4.97. The predicted molar refractivity (Wildman–Crippen MR) is 111 cm³/mol. The largest absolute Gasteiger partial charge is 0.497 e. The highest BCUT2D eigenvalue weighted by Crippen LogP contribution is 2.18. The second-order valence-corrected chi connectivity index (χ2v) is 4.97. The number of pyridine rings is 1. The molecule has 0 bridgehead atoms. The summed E-state index contributed by atoms with van der Waals surface area (Å²) >= 11 is 0. The van der Waals surface area contributed by atoms with Crippen molar-refractivity contribution < 1.29 is 9.47 Å². The van der Waals surface area contributed by atoms with E-state index in [0.717, 1.165) is 29.7 Å². The summed E-state index contributed by atoms with van der Waals surface area (Å²) in [4.78, 5) is 8.78. The van der Waals surface area contributed by atoms with Crippen LogP contribution in [0.15, 0.2) is 53.7 Å². The molecule has 6 nitrogen and oxygen atoms in total. The van der Waals surface area contributed by atoms with Gasteiger partial charge in [0.05, 0.1) is 25.9 Å². The molecule has 0 atom stereocenters. The minimum atomic E-state index is 0. The molecule has 2 rings (SSSR count). The molecule has 7 heteroatoms. The Hall–Kier alpha value is -2.03. The molecule has 1 aromatic carbocycles. The maximum Gasteiger partial charge on any atom is 0.191 e. The maximum absolute atomic E-state index is 5.70. The molecule has 0 spiro atoms. The molecule has 0 saturated carbocycles. The summed E-state index contributed by atoms with van der Waals surface area (Å²) in [7, 11) is 1.64. The van der Waals surface area contributed by atoms with Crippen molar-refractivity contribution in [1.29, 1.82) is 0 Å². The highest BCUT2D eigenvalue weighted by Gasteiger charge is 1.99. The van der Waals surface area contributed by atoms with Crippen LogP contribution < -0.4 is 20.1 Å². The molecule has 136 valence electrons. The number of hydrogen-bond acceptors (Lipinski definition) is 4. The number of rotatable bonds is 8. The lowest BCUT2D eigenvalue weighted by Crippen LogP contribution is -2.39. The summed E-state index contributed by atoms with van der Waals surface area (Å²) in [5.41, 5.74) is 0.933. The van der Waals surface area contributed by atoms with Gasteiger partial charge in [0.1, 0.15) is 18.1 Å². The fourth-order valence-corrected chi connectivity index (χ4v) is 2.02. The van der Waals surface area contributed by atoms with Crippen LogP contribution in [0.5, 0.6) is 11.5 Å². The second kappa shape index (κ2) is 12.3. The Bertz CT molecular complexity index is 638. The minimum Gasteiger partial charge on any atom is -0.497 e. The Balaban J connectivity index is 0.00000312. The molecule has 0 amide bonds. The third-order valence-electron chi connectivity index (χ3n) is 3.17. The molecule has 2 N–H and O–H groups in total. The van der Waals surface area contributed by atoms with Crippen molar-refractivity contribution >= 4 is 29.9 Å². The monoisotopic (exact) mass is 456 g/mol. The van der Waals surface area contributed by atoms with E-state index in [-0.39, 0.29) is 24.0 Å². The number of nitrogens with one attached hydrogen (secondary N) is 2. The molecular formula is C18H25IN4O2. The maximum atomic E-state index is 5.70. The molecule has 0 aliphatic rings. The lowest BCUT2D eigenvalue weighted by atomic mass is 10.3. The van der Waals surface area contributed by atoms with Crippen molar-refractivity contribution in [2.24, 2.45) is 4.99 Å². The van der Waals surface area contributed by atoms with Crippen LogP contribution >= 0.6 is 24.0 Å². The van der Waals surface area contributed by atoms with Gasteiger partial charge >= 0.3 is 0 Å². The molecule has 2 aromatic rings. The van der Waals surface area contributed by atoms with Gasteiger partial charge in [-0.25, -0.2) is 4.99 Å². The average Bonchev–Trinajstić information content (AvgIpc) is 2.64. The highest BCUT2D eigenvalue weighted by atomic mass is 127. The van der Waals surface area contributed by atoms with Gasteiger partial charge in [-0.15, -0.1) is 24.0 Å². The van der Waals surface area contributed by atoms with E-state index in [1.807, 2.05) is 49.4 Å². The first-order valence-corrected chi connectivity index (χ1v) is 8.00. The van der Waals surface area contributed by atoms with Gasteiger partial charge < -0.3 is 20.1 Å². The molecule has 0 unspecified atom stereocenters. The molecule has 0 fully saturated rings. The fourth-order valence-electron chi connectivity index (χ4n) is 2.02. The number of aliphatic imine (C=N–C) groups is 1. The van der Waals surface area contributed by atoms with E-state index in [2.05, 4.69) is 20.6 Å². The van der Waals surface area contributed by atoms with Gasteiger partial charge in [-0.05, 0) is 31.2 Å². The number of ether oxygens (including phenoxy) is 2. The zero-order chi connectivity index (χ0) is 17.0. The Morgan fingerprint density at radius 2 is 1.96 bits per heavy atom. The standard InChI is InChI=1S/C18H24N4O2.HI/c1-3-19-18(22-14-15-7-4-5-10-20-15)21-11-12-24-17-9-6-8-16(13-17)23-2;/h4-10,13H,3,11-12,14H2,1-2H3,(H2,19,21,22);1H. The Morgan fingerprint density at radius 1 is 1.12 bits per heavy atom. The van der Waals surface area contributed by atoms with E-state index in [4.69, 9.17) is 9.47 Å². The van der Waals surface area contributed by atoms with Gasteiger partial charge in [-0.3, -0.25) is 4.98 Å². The molecule has 0 radical (unpaired) electrons. The zero-order valence-corrected chi connectivity index (χ0v) is 16.9. The first kappa shape index (κ1) is 21.0. The summed E-state index contributed by atoms with van der Waals surface area (Å²) in [6.07, 6.45) is 1.77. The van der Waals surface area contributed by atoms with Crippen molar-refractivity contribution in [3.8, 4) is 11.5 Å². The summed E-state index contributed by atoms with van der Waals surface area (Å²) in [5, 5.41) is 6.45. The van der Waals surface area contributed by atoms with Crippen molar-refractivity contribution in [2.75, 3.05) is 26.8 Å². The molecule has 0 aliphatic heterocycles. The fraction of sp³-hybridized carbons (Fsp3) is 0.333. The van der Waals surface area contributed by atoms with Gasteiger partial charge in [0.2, 0.25) is 0 Å². The third kappa shape index (κ3) is 8.06. The topological polar surface area (TPSA) is 67.8 Å². The lowest BCUT2D eigenvalue weighted by Gasteiger charge is -2.12. The SMILES string of the molecule is CCNC(=NCc1ccccn1)NCCOc1cccc(OC)c1.I. The zero-order valence-electron chi connectivity index (χ0n) is 14.6. The molecular weight excluding hydrogens is 431 g/mol. The van der Waals surface area contributed by atoms with Crippen LogP contribution in [0.3, 0.4) is 0 Å². The number of nitrogens with zero attached hydrogens (tertiary/aromatic N) is 2. The van der Waals surface area contributed by atoms with Crippen LogP contribution in [-0.4, -0.2) is 37.7 Å².